The molecule has 0 radical (unpaired) electrons. The van der Waals surface area contributed by atoms with Crippen LogP contribution < -0.4 is 0 Å². The summed E-state index contributed by atoms with van der Waals surface area (Å²) < 4.78 is 17.3. The summed E-state index contributed by atoms with van der Waals surface area (Å²) in [5.74, 6) is -3.91. The molecule has 88 valence electrons. The summed E-state index contributed by atoms with van der Waals surface area (Å²) in [6.45, 7) is 0. The van der Waals surface area contributed by atoms with E-state index in [9.17, 15) is 14.3 Å². The molecular weight excluding hydrogens is 233 g/mol. The summed E-state index contributed by atoms with van der Waals surface area (Å²) in [6.07, 6.45) is 0. The van der Waals surface area contributed by atoms with Crippen LogP contribution in [0.4, 0.5) is 4.39 Å². The van der Waals surface area contributed by atoms with Crippen LogP contribution in [0.15, 0.2) is 22.7 Å². The zero-order valence-electron chi connectivity index (χ0n) is 8.22. The van der Waals surface area contributed by atoms with Gasteiger partial charge in [0.15, 0.2) is 11.6 Å². The van der Waals surface area contributed by atoms with Crippen LogP contribution in [-0.4, -0.2) is 26.4 Å². The van der Waals surface area contributed by atoms with Crippen molar-refractivity contribution in [2.24, 2.45) is 0 Å². The van der Waals surface area contributed by atoms with E-state index < -0.39 is 29.0 Å². The van der Waals surface area contributed by atoms with Crippen molar-refractivity contribution in [2.45, 2.75) is 0 Å². The molecule has 2 rings (SSSR count). The van der Waals surface area contributed by atoms with Crippen LogP contribution >= 0.6 is 0 Å². The number of carboxylic acids is 1. The van der Waals surface area contributed by atoms with E-state index in [-0.39, 0.29) is 11.3 Å². The molecule has 6 nitrogen and oxygen atoms in total. The maximum Gasteiger partial charge on any atom is 0.374 e. The number of nitrogens with zero attached hydrogens (tertiary/aromatic N) is 1. The van der Waals surface area contributed by atoms with Crippen molar-refractivity contribution >= 4 is 5.97 Å². The van der Waals surface area contributed by atoms with Gasteiger partial charge in [0.2, 0.25) is 5.76 Å². The zero-order valence-corrected chi connectivity index (χ0v) is 8.22. The molecule has 17 heavy (non-hydrogen) atoms. The van der Waals surface area contributed by atoms with E-state index in [1.54, 1.807) is 0 Å². The Kier molecular flexibility index (Phi) is 2.43. The molecule has 0 spiro atoms. The van der Waals surface area contributed by atoms with Gasteiger partial charge >= 0.3 is 5.97 Å². The molecule has 0 aliphatic heterocycles. The highest BCUT2D eigenvalue weighted by atomic mass is 19.1. The largest absolute Gasteiger partial charge is 0.507 e. The van der Waals surface area contributed by atoms with E-state index >= 15 is 0 Å². The lowest BCUT2D eigenvalue weighted by Crippen LogP contribution is -1.91. The second-order valence-corrected chi connectivity index (χ2v) is 3.20. The number of carbonyl (C=O) groups is 1. The quantitative estimate of drug-likeness (QED) is 0.687. The number of phenolic OH excluding ortho intramolecular Hbond substituents is 2. The summed E-state index contributed by atoms with van der Waals surface area (Å²) >= 11 is 0. The molecular formula is C10H6FNO5. The number of hydrogen-bond acceptors (Lipinski definition) is 5. The highest BCUT2D eigenvalue weighted by Crippen LogP contribution is 2.33. The fourth-order valence-corrected chi connectivity index (χ4v) is 1.26. The maximum absolute atomic E-state index is 12.9. The minimum Gasteiger partial charge on any atom is -0.507 e. The minimum atomic E-state index is -1.32. The van der Waals surface area contributed by atoms with Gasteiger partial charge in [0.25, 0.3) is 0 Å². The average molecular weight is 239 g/mol. The lowest BCUT2D eigenvalue weighted by atomic mass is 10.1. The molecule has 0 atom stereocenters. The number of phenols is 2. The summed E-state index contributed by atoms with van der Waals surface area (Å²) in [5, 5.41) is 30.6. The topological polar surface area (TPSA) is 104 Å². The van der Waals surface area contributed by atoms with Crippen molar-refractivity contribution in [3.05, 3.63) is 29.8 Å². The van der Waals surface area contributed by atoms with Crippen LogP contribution in [0.3, 0.4) is 0 Å². The second kappa shape index (κ2) is 3.78. The third kappa shape index (κ3) is 1.89. The van der Waals surface area contributed by atoms with Crippen molar-refractivity contribution in [1.82, 2.24) is 5.16 Å². The Morgan fingerprint density at radius 1 is 1.24 bits per heavy atom. The average Bonchev–Trinajstić information content (AvgIpc) is 2.72. The van der Waals surface area contributed by atoms with E-state index in [2.05, 4.69) is 9.68 Å². The number of aromatic hydroxyl groups is 2. The number of rotatable bonds is 2. The predicted molar refractivity (Wildman–Crippen MR) is 52.2 cm³/mol. The summed E-state index contributed by atoms with van der Waals surface area (Å²) in [5.41, 5.74) is -0.0460. The van der Waals surface area contributed by atoms with Crippen LogP contribution in [0.25, 0.3) is 11.3 Å². The van der Waals surface area contributed by atoms with Crippen LogP contribution in [0.2, 0.25) is 0 Å². The van der Waals surface area contributed by atoms with Gasteiger partial charge in [-0.05, 0) is 6.07 Å². The molecule has 0 saturated carbocycles. The van der Waals surface area contributed by atoms with Crippen LogP contribution in [0, 0.1) is 5.82 Å². The molecule has 1 heterocycles. The minimum absolute atomic E-state index is 0.0183. The maximum atomic E-state index is 12.9. The lowest BCUT2D eigenvalue weighted by Gasteiger charge is -2.02. The molecule has 0 fully saturated rings. The van der Waals surface area contributed by atoms with Gasteiger partial charge in [-0.2, -0.15) is 0 Å². The predicted octanol–water partition coefficient (Wildman–Crippen LogP) is 1.59. The Labute approximate surface area is 93.5 Å². The second-order valence-electron chi connectivity index (χ2n) is 3.20. The van der Waals surface area contributed by atoms with Gasteiger partial charge in [-0.1, -0.05) is 5.16 Å². The molecule has 0 unspecified atom stereocenters. The SMILES string of the molecule is O=C(O)c1cc(-c2cc(O)c(F)cc2O)no1. The fourth-order valence-electron chi connectivity index (χ4n) is 1.26. The molecule has 0 amide bonds. The number of halogens is 1. The summed E-state index contributed by atoms with van der Waals surface area (Å²) in [4.78, 5) is 10.5. The normalized spacial score (nSPS) is 10.4. The molecule has 1 aromatic carbocycles. The van der Waals surface area contributed by atoms with Gasteiger partial charge < -0.3 is 19.8 Å². The zero-order chi connectivity index (χ0) is 12.6. The molecule has 0 saturated heterocycles. The van der Waals surface area contributed by atoms with Crippen molar-refractivity contribution < 1.29 is 29.0 Å². The lowest BCUT2D eigenvalue weighted by molar-refractivity contribution is 0.0652. The first-order chi connectivity index (χ1) is 7.99. The highest BCUT2D eigenvalue weighted by Gasteiger charge is 2.17. The van der Waals surface area contributed by atoms with Gasteiger partial charge in [-0.25, -0.2) is 9.18 Å². The van der Waals surface area contributed by atoms with Gasteiger partial charge in [0.1, 0.15) is 11.4 Å². The number of hydrogen-bond donors (Lipinski definition) is 3. The third-order valence-corrected chi connectivity index (χ3v) is 2.06. The Morgan fingerprint density at radius 3 is 2.53 bits per heavy atom. The Morgan fingerprint density at radius 2 is 1.94 bits per heavy atom. The molecule has 0 aliphatic carbocycles. The van der Waals surface area contributed by atoms with Crippen LogP contribution in [-0.2, 0) is 0 Å². The van der Waals surface area contributed by atoms with Crippen molar-refractivity contribution in [1.29, 1.82) is 0 Å². The molecule has 2 aromatic rings. The number of carboxylic acid groups (broad SMARTS) is 1. The standard InChI is InChI=1S/C10H6FNO5/c11-5-2-7(13)4(1-8(5)14)6-3-9(10(15)16)17-12-6/h1-3,13-14H,(H,15,16). The third-order valence-electron chi connectivity index (χ3n) is 2.06. The number of benzene rings is 1. The molecule has 7 heteroatoms. The Bertz CT molecular complexity index is 592. The Balaban J connectivity index is 2.52. The van der Waals surface area contributed by atoms with Gasteiger partial charge in [-0.3, -0.25) is 0 Å². The van der Waals surface area contributed by atoms with Gasteiger partial charge in [0.05, 0.1) is 0 Å². The van der Waals surface area contributed by atoms with Crippen molar-refractivity contribution in [3.8, 4) is 22.8 Å². The van der Waals surface area contributed by atoms with Crippen LogP contribution in [0.5, 0.6) is 11.5 Å². The summed E-state index contributed by atoms with van der Waals surface area (Å²) in [7, 11) is 0. The van der Waals surface area contributed by atoms with E-state index in [4.69, 9.17) is 10.2 Å². The Hall–Kier alpha value is -2.57. The molecule has 1 aromatic heterocycles. The summed E-state index contributed by atoms with van der Waals surface area (Å²) in [6, 6.07) is 2.67. The molecule has 0 aliphatic rings. The van der Waals surface area contributed by atoms with Gasteiger partial charge in [-0.15, -0.1) is 0 Å². The van der Waals surface area contributed by atoms with E-state index in [1.807, 2.05) is 0 Å². The first kappa shape index (κ1) is 10.9. The van der Waals surface area contributed by atoms with Gasteiger partial charge in [0, 0.05) is 17.7 Å². The molecule has 0 bridgehead atoms. The van der Waals surface area contributed by atoms with E-state index in [1.165, 1.54) is 0 Å². The number of aromatic nitrogens is 1. The molecule has 3 N–H and O–H groups in total. The van der Waals surface area contributed by atoms with E-state index in [0.717, 1.165) is 12.1 Å². The first-order valence-corrected chi connectivity index (χ1v) is 4.41. The number of aromatic carboxylic acids is 1. The van der Waals surface area contributed by atoms with E-state index in [0.29, 0.717) is 6.07 Å². The smallest absolute Gasteiger partial charge is 0.374 e. The first-order valence-electron chi connectivity index (χ1n) is 4.41. The van der Waals surface area contributed by atoms with Crippen LogP contribution in [0.1, 0.15) is 10.6 Å². The fraction of sp³-hybridized carbons (Fsp3) is 0. The van der Waals surface area contributed by atoms with Crippen molar-refractivity contribution in [3.63, 3.8) is 0 Å². The van der Waals surface area contributed by atoms with Crippen molar-refractivity contribution in [2.75, 3.05) is 0 Å². The highest BCUT2D eigenvalue weighted by molar-refractivity contribution is 5.86. The monoisotopic (exact) mass is 239 g/mol.